The predicted molar refractivity (Wildman–Crippen MR) is 128 cm³/mol. The number of amides is 2. The van der Waals surface area contributed by atoms with Crippen molar-refractivity contribution in [2.45, 2.75) is 18.8 Å². The highest BCUT2D eigenvalue weighted by Crippen LogP contribution is 2.29. The monoisotopic (exact) mass is 457 g/mol. The Bertz CT molecular complexity index is 1240. The summed E-state index contributed by atoms with van der Waals surface area (Å²) in [5.41, 5.74) is 2.80. The topological polar surface area (TPSA) is 80.1 Å². The minimum Gasteiger partial charge on any atom is -0.337 e. The minimum atomic E-state index is -0.228. The summed E-state index contributed by atoms with van der Waals surface area (Å²) in [6.07, 6.45) is 5.15. The van der Waals surface area contributed by atoms with Crippen molar-refractivity contribution < 1.29 is 9.59 Å². The van der Waals surface area contributed by atoms with E-state index in [9.17, 15) is 9.59 Å². The molecule has 8 heteroatoms. The minimum absolute atomic E-state index is 0.00290. The third-order valence-electron chi connectivity index (χ3n) is 5.83. The molecule has 4 aromatic rings. The molecule has 7 nitrogen and oxygen atoms in total. The molecule has 1 aliphatic rings. The molecular weight excluding hydrogens is 434 g/mol. The molecule has 2 amide bonds. The van der Waals surface area contributed by atoms with Crippen LogP contribution in [-0.2, 0) is 0 Å². The van der Waals surface area contributed by atoms with Crippen LogP contribution in [-0.4, -0.2) is 44.6 Å². The highest BCUT2D eigenvalue weighted by atomic mass is 32.1. The first-order chi connectivity index (χ1) is 16.2. The molecule has 0 spiro atoms. The van der Waals surface area contributed by atoms with E-state index in [1.807, 2.05) is 47.4 Å². The van der Waals surface area contributed by atoms with Crippen LogP contribution in [0.2, 0.25) is 0 Å². The molecule has 33 heavy (non-hydrogen) atoms. The maximum absolute atomic E-state index is 13.1. The fraction of sp³-hybridized carbons (Fsp3) is 0.200. The van der Waals surface area contributed by atoms with Crippen molar-refractivity contribution in [3.63, 3.8) is 0 Å². The summed E-state index contributed by atoms with van der Waals surface area (Å²) >= 11 is 1.23. The van der Waals surface area contributed by atoms with Crippen LogP contribution in [0.5, 0.6) is 0 Å². The Hall–Kier alpha value is -3.78. The average molecular weight is 458 g/mol. The molecule has 1 unspecified atom stereocenters. The Balaban J connectivity index is 1.23. The van der Waals surface area contributed by atoms with Crippen molar-refractivity contribution in [2.24, 2.45) is 0 Å². The molecule has 0 saturated carbocycles. The maximum Gasteiger partial charge on any atom is 0.265 e. The van der Waals surface area contributed by atoms with E-state index in [0.717, 1.165) is 25.1 Å². The lowest BCUT2D eigenvalue weighted by Gasteiger charge is -2.32. The highest BCUT2D eigenvalue weighted by Gasteiger charge is 2.26. The SMILES string of the molecule is O=C(Nc1ccc(-n2cncn2)cc1)c1ccc(C(=O)N2CCCC(c3ccccc3)C2)s1. The zero-order valence-corrected chi connectivity index (χ0v) is 18.7. The van der Waals surface area contributed by atoms with Crippen LogP contribution in [0, 0.1) is 0 Å². The van der Waals surface area contributed by atoms with Gasteiger partial charge in [0.05, 0.1) is 15.4 Å². The van der Waals surface area contributed by atoms with E-state index in [0.29, 0.717) is 27.9 Å². The Morgan fingerprint density at radius 1 is 0.970 bits per heavy atom. The van der Waals surface area contributed by atoms with Gasteiger partial charge in [-0.2, -0.15) is 5.10 Å². The Kier molecular flexibility index (Phi) is 5.99. The number of hydrogen-bond acceptors (Lipinski definition) is 5. The van der Waals surface area contributed by atoms with Crippen molar-refractivity contribution >= 4 is 28.8 Å². The number of carbonyl (C=O) groups is 2. The van der Waals surface area contributed by atoms with E-state index in [2.05, 4.69) is 27.5 Å². The summed E-state index contributed by atoms with van der Waals surface area (Å²) in [5, 5.41) is 6.98. The lowest BCUT2D eigenvalue weighted by Crippen LogP contribution is -2.38. The van der Waals surface area contributed by atoms with E-state index in [1.165, 1.54) is 23.2 Å². The first-order valence-electron chi connectivity index (χ1n) is 10.9. The van der Waals surface area contributed by atoms with E-state index in [1.54, 1.807) is 23.1 Å². The highest BCUT2D eigenvalue weighted by molar-refractivity contribution is 7.16. The van der Waals surface area contributed by atoms with Gasteiger partial charge in [-0.05, 0) is 54.8 Å². The van der Waals surface area contributed by atoms with Crippen LogP contribution in [0.3, 0.4) is 0 Å². The quantitative estimate of drug-likeness (QED) is 0.475. The molecule has 1 N–H and O–H groups in total. The van der Waals surface area contributed by atoms with Gasteiger partial charge in [0.25, 0.3) is 11.8 Å². The first-order valence-corrected chi connectivity index (χ1v) is 11.7. The summed E-state index contributed by atoms with van der Waals surface area (Å²) in [6, 6.07) is 21.2. The summed E-state index contributed by atoms with van der Waals surface area (Å²) in [5.74, 6) is 0.123. The molecule has 2 aromatic carbocycles. The van der Waals surface area contributed by atoms with Gasteiger partial charge in [-0.3, -0.25) is 9.59 Å². The van der Waals surface area contributed by atoms with Crippen molar-refractivity contribution in [3.05, 3.63) is 94.7 Å². The van der Waals surface area contributed by atoms with Gasteiger partial charge in [0.1, 0.15) is 12.7 Å². The zero-order chi connectivity index (χ0) is 22.6. The number of aromatic nitrogens is 3. The van der Waals surface area contributed by atoms with Crippen LogP contribution in [0.1, 0.15) is 43.7 Å². The normalized spacial score (nSPS) is 15.9. The van der Waals surface area contributed by atoms with Crippen LogP contribution in [0.25, 0.3) is 5.69 Å². The number of benzene rings is 2. The molecule has 1 aliphatic heterocycles. The van der Waals surface area contributed by atoms with Crippen LogP contribution < -0.4 is 5.32 Å². The van der Waals surface area contributed by atoms with Crippen molar-refractivity contribution in [1.82, 2.24) is 19.7 Å². The van der Waals surface area contributed by atoms with Gasteiger partial charge >= 0.3 is 0 Å². The Morgan fingerprint density at radius 2 is 1.76 bits per heavy atom. The van der Waals surface area contributed by atoms with E-state index in [4.69, 9.17) is 0 Å². The predicted octanol–water partition coefficient (Wildman–Crippen LogP) is 4.60. The number of thiophene rings is 1. The molecule has 0 aliphatic carbocycles. The van der Waals surface area contributed by atoms with Gasteiger partial charge in [-0.15, -0.1) is 11.3 Å². The summed E-state index contributed by atoms with van der Waals surface area (Å²) in [7, 11) is 0. The van der Waals surface area contributed by atoms with Crippen LogP contribution in [0.4, 0.5) is 5.69 Å². The summed E-state index contributed by atoms with van der Waals surface area (Å²) in [4.78, 5) is 32.8. The number of hydrogen-bond donors (Lipinski definition) is 1. The second-order valence-corrected chi connectivity index (χ2v) is 9.09. The smallest absolute Gasteiger partial charge is 0.265 e. The van der Waals surface area contributed by atoms with Gasteiger partial charge in [-0.1, -0.05) is 30.3 Å². The lowest BCUT2D eigenvalue weighted by atomic mass is 9.90. The number of piperidine rings is 1. The fourth-order valence-corrected chi connectivity index (χ4v) is 4.99. The molecule has 166 valence electrons. The van der Waals surface area contributed by atoms with Gasteiger partial charge in [0.2, 0.25) is 0 Å². The van der Waals surface area contributed by atoms with Crippen LogP contribution >= 0.6 is 11.3 Å². The standard InChI is InChI=1S/C25H23N5O2S/c31-24(28-20-8-10-21(11-9-20)30-17-26-16-27-30)22-12-13-23(33-22)25(32)29-14-4-7-19(15-29)18-5-2-1-3-6-18/h1-3,5-6,8-13,16-17,19H,4,7,14-15H2,(H,28,31). The second-order valence-electron chi connectivity index (χ2n) is 8.01. The number of nitrogens with one attached hydrogen (secondary N) is 1. The van der Waals surface area contributed by atoms with Crippen LogP contribution in [0.15, 0.2) is 79.4 Å². The average Bonchev–Trinajstić information content (AvgIpc) is 3.58. The molecule has 1 saturated heterocycles. The first kappa shape index (κ1) is 21.1. The molecule has 3 heterocycles. The number of anilines is 1. The van der Waals surface area contributed by atoms with Gasteiger partial charge < -0.3 is 10.2 Å². The largest absolute Gasteiger partial charge is 0.337 e. The third kappa shape index (κ3) is 4.70. The van der Waals surface area contributed by atoms with Gasteiger partial charge in [-0.25, -0.2) is 9.67 Å². The number of carbonyl (C=O) groups excluding carboxylic acids is 2. The van der Waals surface area contributed by atoms with Gasteiger partial charge in [0, 0.05) is 24.7 Å². The lowest BCUT2D eigenvalue weighted by molar-refractivity contribution is 0.0712. The van der Waals surface area contributed by atoms with E-state index >= 15 is 0 Å². The van der Waals surface area contributed by atoms with E-state index < -0.39 is 0 Å². The van der Waals surface area contributed by atoms with Crippen molar-refractivity contribution in [1.29, 1.82) is 0 Å². The number of likely N-dealkylation sites (tertiary alicyclic amines) is 1. The number of nitrogens with zero attached hydrogens (tertiary/aromatic N) is 4. The molecule has 2 aromatic heterocycles. The Morgan fingerprint density at radius 3 is 2.52 bits per heavy atom. The summed E-state index contributed by atoms with van der Waals surface area (Å²) < 4.78 is 1.64. The van der Waals surface area contributed by atoms with Gasteiger partial charge in [0.15, 0.2) is 0 Å². The number of rotatable bonds is 5. The molecule has 0 bridgehead atoms. The summed E-state index contributed by atoms with van der Waals surface area (Å²) in [6.45, 7) is 1.46. The third-order valence-corrected chi connectivity index (χ3v) is 6.90. The fourth-order valence-electron chi connectivity index (χ4n) is 4.12. The van der Waals surface area contributed by atoms with Crippen molar-refractivity contribution in [3.8, 4) is 5.69 Å². The second kappa shape index (κ2) is 9.38. The molecule has 5 rings (SSSR count). The maximum atomic E-state index is 13.1. The van der Waals surface area contributed by atoms with Crippen molar-refractivity contribution in [2.75, 3.05) is 18.4 Å². The molecule has 1 fully saturated rings. The van der Waals surface area contributed by atoms with E-state index in [-0.39, 0.29) is 11.8 Å². The molecule has 0 radical (unpaired) electrons. The zero-order valence-electron chi connectivity index (χ0n) is 17.9. The molecular formula is C25H23N5O2S. The molecule has 1 atom stereocenters. The Labute approximate surface area is 195 Å².